The van der Waals surface area contributed by atoms with Crippen molar-refractivity contribution >= 4 is 11.8 Å². The molecule has 2 aromatic rings. The van der Waals surface area contributed by atoms with Gasteiger partial charge in [-0.25, -0.2) is 5.48 Å². The standard InChI is InChI=1S/C22H24N2O5/c25-21(23-27)16-8-9-17-12-24(22(26)18-7-4-10-28-13-18)19(14-29-20(17)11-16)15-5-2-1-3-6-15/h1-3,5-6,8-9,11,18-19,27H,4,7,10,12-14H2,(H,23,25)/t18-,19?/m1/s1. The van der Waals surface area contributed by atoms with Gasteiger partial charge in [-0.1, -0.05) is 36.4 Å². The third-order valence-corrected chi connectivity index (χ3v) is 5.52. The van der Waals surface area contributed by atoms with Crippen molar-refractivity contribution in [3.05, 3.63) is 65.2 Å². The lowest BCUT2D eigenvalue weighted by molar-refractivity contribution is -0.143. The van der Waals surface area contributed by atoms with Crippen LogP contribution in [-0.2, 0) is 16.1 Å². The van der Waals surface area contributed by atoms with E-state index >= 15 is 0 Å². The molecule has 2 aliphatic rings. The summed E-state index contributed by atoms with van der Waals surface area (Å²) in [6, 6.07) is 14.6. The van der Waals surface area contributed by atoms with E-state index in [1.165, 1.54) is 0 Å². The lowest BCUT2D eigenvalue weighted by Gasteiger charge is -2.34. The van der Waals surface area contributed by atoms with Crippen molar-refractivity contribution in [2.75, 3.05) is 19.8 Å². The van der Waals surface area contributed by atoms with E-state index in [1.807, 2.05) is 35.2 Å². The van der Waals surface area contributed by atoms with Crippen LogP contribution in [0.5, 0.6) is 5.75 Å². The molecule has 7 nitrogen and oxygen atoms in total. The Hall–Kier alpha value is -2.90. The highest BCUT2D eigenvalue weighted by Gasteiger charge is 2.34. The van der Waals surface area contributed by atoms with Gasteiger partial charge in [0.2, 0.25) is 5.91 Å². The lowest BCUT2D eigenvalue weighted by atomic mass is 9.97. The van der Waals surface area contributed by atoms with Crippen LogP contribution in [0.2, 0.25) is 0 Å². The highest BCUT2D eigenvalue weighted by Crippen LogP contribution is 2.34. The zero-order chi connectivity index (χ0) is 20.2. The summed E-state index contributed by atoms with van der Waals surface area (Å²) in [6.07, 6.45) is 1.70. The SMILES string of the molecule is O=C(NO)c1ccc2c(c1)OCC(c1ccccc1)N(C(=O)[C@@H]1CCCOC1)C2. The number of hydrogen-bond donors (Lipinski definition) is 2. The molecule has 152 valence electrons. The Labute approximate surface area is 169 Å². The van der Waals surface area contributed by atoms with Gasteiger partial charge in [0, 0.05) is 17.7 Å². The molecule has 2 atom stereocenters. The van der Waals surface area contributed by atoms with Crippen LogP contribution in [-0.4, -0.2) is 41.7 Å². The third-order valence-electron chi connectivity index (χ3n) is 5.52. The summed E-state index contributed by atoms with van der Waals surface area (Å²) in [5.74, 6) is -0.155. The first-order valence-corrected chi connectivity index (χ1v) is 9.80. The summed E-state index contributed by atoms with van der Waals surface area (Å²) in [5.41, 5.74) is 3.75. The van der Waals surface area contributed by atoms with E-state index < -0.39 is 5.91 Å². The fraction of sp³-hybridized carbons (Fsp3) is 0.364. The van der Waals surface area contributed by atoms with Crippen LogP contribution in [0.4, 0.5) is 0 Å². The molecule has 7 heteroatoms. The van der Waals surface area contributed by atoms with Crippen molar-refractivity contribution in [3.8, 4) is 5.75 Å². The van der Waals surface area contributed by atoms with Crippen LogP contribution in [0.25, 0.3) is 0 Å². The van der Waals surface area contributed by atoms with E-state index in [9.17, 15) is 9.59 Å². The molecule has 2 aliphatic heterocycles. The number of hydrogen-bond acceptors (Lipinski definition) is 5. The Balaban J connectivity index is 1.68. The third kappa shape index (κ3) is 4.11. The van der Waals surface area contributed by atoms with Crippen LogP contribution in [0.3, 0.4) is 0 Å². The molecule has 0 radical (unpaired) electrons. The molecule has 1 saturated heterocycles. The summed E-state index contributed by atoms with van der Waals surface area (Å²) in [5, 5.41) is 8.89. The van der Waals surface area contributed by atoms with Gasteiger partial charge in [0.15, 0.2) is 0 Å². The highest BCUT2D eigenvalue weighted by molar-refractivity contribution is 5.93. The molecule has 0 spiro atoms. The Kier molecular flexibility index (Phi) is 5.78. The van der Waals surface area contributed by atoms with E-state index in [0.717, 1.165) is 24.0 Å². The molecule has 2 amide bonds. The zero-order valence-corrected chi connectivity index (χ0v) is 16.0. The monoisotopic (exact) mass is 396 g/mol. The molecular formula is C22H24N2O5. The number of amides is 2. The Morgan fingerprint density at radius 3 is 2.66 bits per heavy atom. The molecule has 1 fully saturated rings. The average molecular weight is 396 g/mol. The second-order valence-corrected chi connectivity index (χ2v) is 7.38. The van der Waals surface area contributed by atoms with Crippen LogP contribution in [0.1, 0.15) is 40.4 Å². The maximum absolute atomic E-state index is 13.4. The number of ether oxygens (including phenoxy) is 2. The maximum Gasteiger partial charge on any atom is 0.274 e. The zero-order valence-electron chi connectivity index (χ0n) is 16.0. The minimum absolute atomic E-state index is 0.0622. The second kappa shape index (κ2) is 8.63. The van der Waals surface area contributed by atoms with Gasteiger partial charge in [-0.3, -0.25) is 14.8 Å². The van der Waals surface area contributed by atoms with Gasteiger partial charge in [0.1, 0.15) is 12.4 Å². The van der Waals surface area contributed by atoms with Crippen molar-refractivity contribution in [1.29, 1.82) is 0 Å². The van der Waals surface area contributed by atoms with Crippen LogP contribution in [0.15, 0.2) is 48.5 Å². The van der Waals surface area contributed by atoms with Gasteiger partial charge in [0.05, 0.1) is 25.1 Å². The summed E-state index contributed by atoms with van der Waals surface area (Å²) >= 11 is 0. The first kappa shape index (κ1) is 19.4. The fourth-order valence-electron chi connectivity index (χ4n) is 3.93. The van der Waals surface area contributed by atoms with Crippen LogP contribution < -0.4 is 10.2 Å². The quantitative estimate of drug-likeness (QED) is 0.615. The van der Waals surface area contributed by atoms with Crippen molar-refractivity contribution < 1.29 is 24.3 Å². The highest BCUT2D eigenvalue weighted by atomic mass is 16.5. The van der Waals surface area contributed by atoms with E-state index in [-0.39, 0.29) is 24.5 Å². The molecule has 2 aromatic carbocycles. The van der Waals surface area contributed by atoms with Gasteiger partial charge < -0.3 is 14.4 Å². The number of hydroxylamine groups is 1. The van der Waals surface area contributed by atoms with Crippen molar-refractivity contribution in [1.82, 2.24) is 10.4 Å². The molecule has 0 aromatic heterocycles. The minimum atomic E-state index is -0.604. The molecular weight excluding hydrogens is 372 g/mol. The van der Waals surface area contributed by atoms with Crippen LogP contribution in [0, 0.1) is 5.92 Å². The second-order valence-electron chi connectivity index (χ2n) is 7.38. The number of rotatable bonds is 3. The van der Waals surface area contributed by atoms with E-state index in [4.69, 9.17) is 14.7 Å². The van der Waals surface area contributed by atoms with E-state index in [2.05, 4.69) is 0 Å². The number of benzene rings is 2. The van der Waals surface area contributed by atoms with Gasteiger partial charge in [0.25, 0.3) is 5.91 Å². The fourth-order valence-corrected chi connectivity index (χ4v) is 3.93. The molecule has 0 bridgehead atoms. The number of carbonyl (C=O) groups is 2. The predicted molar refractivity (Wildman–Crippen MR) is 104 cm³/mol. The molecule has 2 heterocycles. The smallest absolute Gasteiger partial charge is 0.274 e. The van der Waals surface area contributed by atoms with Gasteiger partial charge in [-0.05, 0) is 30.5 Å². The Morgan fingerprint density at radius 2 is 1.93 bits per heavy atom. The molecule has 0 aliphatic carbocycles. The number of fused-ring (bicyclic) bond motifs is 1. The normalized spacial score (nSPS) is 21.5. The topological polar surface area (TPSA) is 88.1 Å². The largest absolute Gasteiger partial charge is 0.491 e. The summed E-state index contributed by atoms with van der Waals surface area (Å²) in [4.78, 5) is 27.0. The lowest BCUT2D eigenvalue weighted by Crippen LogP contribution is -2.42. The summed E-state index contributed by atoms with van der Waals surface area (Å²) < 4.78 is 11.6. The van der Waals surface area contributed by atoms with E-state index in [0.29, 0.717) is 31.1 Å². The number of carbonyl (C=O) groups excluding carboxylic acids is 2. The predicted octanol–water partition coefficient (Wildman–Crippen LogP) is 2.69. The maximum atomic E-state index is 13.4. The van der Waals surface area contributed by atoms with Crippen molar-refractivity contribution in [2.24, 2.45) is 5.92 Å². The number of nitrogens with zero attached hydrogens (tertiary/aromatic N) is 1. The van der Waals surface area contributed by atoms with Gasteiger partial charge in [-0.15, -0.1) is 0 Å². The Bertz CT molecular complexity index is 880. The number of nitrogens with one attached hydrogen (secondary N) is 1. The minimum Gasteiger partial charge on any atom is -0.491 e. The van der Waals surface area contributed by atoms with Gasteiger partial charge in [-0.2, -0.15) is 0 Å². The molecule has 4 rings (SSSR count). The van der Waals surface area contributed by atoms with Crippen LogP contribution >= 0.6 is 0 Å². The van der Waals surface area contributed by atoms with E-state index in [1.54, 1.807) is 23.7 Å². The van der Waals surface area contributed by atoms with Crippen molar-refractivity contribution in [2.45, 2.75) is 25.4 Å². The van der Waals surface area contributed by atoms with Gasteiger partial charge >= 0.3 is 0 Å². The molecule has 29 heavy (non-hydrogen) atoms. The van der Waals surface area contributed by atoms with Crippen molar-refractivity contribution in [3.63, 3.8) is 0 Å². The molecule has 0 saturated carbocycles. The Morgan fingerprint density at radius 1 is 1.10 bits per heavy atom. The first-order chi connectivity index (χ1) is 14.2. The molecule has 2 N–H and O–H groups in total. The first-order valence-electron chi connectivity index (χ1n) is 9.80. The summed E-state index contributed by atoms with van der Waals surface area (Å²) in [6.45, 7) is 1.81. The molecule has 1 unspecified atom stereocenters. The summed E-state index contributed by atoms with van der Waals surface area (Å²) in [7, 11) is 0. The average Bonchev–Trinajstić information content (AvgIpc) is 2.98.